The fourth-order valence-electron chi connectivity index (χ4n) is 1.52. The van der Waals surface area contributed by atoms with Gasteiger partial charge in [0.1, 0.15) is 4.92 Å². The molecule has 0 amide bonds. The van der Waals surface area contributed by atoms with Gasteiger partial charge >= 0.3 is 11.5 Å². The van der Waals surface area contributed by atoms with Crippen molar-refractivity contribution in [2.45, 2.75) is 0 Å². The first-order chi connectivity index (χ1) is 9.82. The Morgan fingerprint density at radius 3 is 2.19 bits per heavy atom. The van der Waals surface area contributed by atoms with Gasteiger partial charge in [-0.05, 0) is 10.9 Å². The molecule has 0 atom stereocenters. The van der Waals surface area contributed by atoms with Crippen molar-refractivity contribution in [3.05, 3.63) is 59.9 Å². The van der Waals surface area contributed by atoms with Crippen molar-refractivity contribution in [2.24, 2.45) is 0 Å². The number of non-ortho nitro benzene ring substituents is 1. The van der Waals surface area contributed by atoms with Gasteiger partial charge in [-0.1, -0.05) is 0 Å². The average molecular weight is 296 g/mol. The Hall–Kier alpha value is -3.64. The van der Waals surface area contributed by atoms with Gasteiger partial charge in [0, 0.05) is 10.9 Å². The largest absolute Gasteiger partial charge is 0.589 e. The van der Waals surface area contributed by atoms with Crippen LogP contribution in [-0.4, -0.2) is 24.7 Å². The summed E-state index contributed by atoms with van der Waals surface area (Å²) < 4.78 is 0. The molecule has 2 aromatic rings. The third-order valence-corrected chi connectivity index (χ3v) is 2.42. The molecule has 0 N–H and O–H groups in total. The fraction of sp³-hybridized carbons (Fsp3) is 0. The van der Waals surface area contributed by atoms with Crippen molar-refractivity contribution < 1.29 is 19.6 Å². The molecule has 13 nitrogen and oxygen atoms in total. The first-order valence-electron chi connectivity index (χ1n) is 5.08. The van der Waals surface area contributed by atoms with Crippen LogP contribution in [0.15, 0.2) is 24.4 Å². The lowest BCUT2D eigenvalue weighted by Gasteiger charge is -2.01. The molecule has 0 fully saturated rings. The number of hydrogen-bond acceptors (Lipinski definition) is 8. The molecular weight excluding hydrogens is 292 g/mol. The maximum atomic E-state index is 11.6. The highest BCUT2D eigenvalue weighted by Gasteiger charge is 2.30. The molecule has 0 aliphatic heterocycles. The van der Waals surface area contributed by atoms with E-state index in [9.17, 15) is 35.6 Å². The van der Waals surface area contributed by atoms with Crippen molar-refractivity contribution in [2.75, 3.05) is 0 Å². The van der Waals surface area contributed by atoms with Crippen molar-refractivity contribution in [1.82, 2.24) is 9.90 Å². The Kier molecular flexibility index (Phi) is 3.15. The number of aromatic nitrogens is 3. The van der Waals surface area contributed by atoms with E-state index in [1.807, 2.05) is 0 Å². The number of benzene rings is 1. The van der Waals surface area contributed by atoms with E-state index in [0.29, 0.717) is 17.1 Å². The van der Waals surface area contributed by atoms with Gasteiger partial charge in [-0.25, -0.2) is 0 Å². The first-order valence-corrected chi connectivity index (χ1v) is 5.08. The molecule has 21 heavy (non-hydrogen) atoms. The SMILES string of the molecule is O=[N+]([O-])c1ccc(-n2ncc([N+](=O)[O-])[n+]2[O-])c([N+](=O)[O-])c1. The molecule has 0 spiro atoms. The molecule has 0 unspecified atom stereocenters. The Morgan fingerprint density at radius 2 is 1.71 bits per heavy atom. The van der Waals surface area contributed by atoms with Gasteiger partial charge in [0.2, 0.25) is 11.9 Å². The van der Waals surface area contributed by atoms with Crippen molar-refractivity contribution in [1.29, 1.82) is 0 Å². The molecule has 0 aliphatic rings. The predicted molar refractivity (Wildman–Crippen MR) is 62.5 cm³/mol. The molecule has 0 bridgehead atoms. The molecule has 108 valence electrons. The van der Waals surface area contributed by atoms with Crippen LogP contribution in [0.5, 0.6) is 0 Å². The number of nitro benzene ring substituents is 2. The second-order valence-electron chi connectivity index (χ2n) is 3.61. The van der Waals surface area contributed by atoms with E-state index in [1.54, 1.807) is 0 Å². The Bertz CT molecular complexity index is 768. The van der Waals surface area contributed by atoms with Crippen molar-refractivity contribution in [3.63, 3.8) is 0 Å². The van der Waals surface area contributed by atoms with E-state index in [0.717, 1.165) is 12.1 Å². The zero-order chi connectivity index (χ0) is 15.7. The van der Waals surface area contributed by atoms with E-state index in [4.69, 9.17) is 0 Å². The lowest BCUT2D eigenvalue weighted by molar-refractivity contribution is -0.728. The van der Waals surface area contributed by atoms with Gasteiger partial charge in [-0.15, -0.1) is 5.10 Å². The summed E-state index contributed by atoms with van der Waals surface area (Å²) in [5.74, 6) is -0.942. The first kappa shape index (κ1) is 13.8. The molecule has 2 rings (SSSR count). The van der Waals surface area contributed by atoms with E-state index >= 15 is 0 Å². The van der Waals surface area contributed by atoms with E-state index in [-0.39, 0.29) is 4.85 Å². The van der Waals surface area contributed by atoms with Gasteiger partial charge in [0.05, 0.1) is 15.9 Å². The van der Waals surface area contributed by atoms with Crippen molar-refractivity contribution in [3.8, 4) is 5.69 Å². The number of rotatable bonds is 4. The second kappa shape index (κ2) is 4.80. The molecule has 0 aliphatic carbocycles. The highest BCUT2D eigenvalue weighted by Crippen LogP contribution is 2.26. The zero-order valence-corrected chi connectivity index (χ0v) is 9.85. The molecule has 0 saturated heterocycles. The lowest BCUT2D eigenvalue weighted by atomic mass is 10.2. The fourth-order valence-corrected chi connectivity index (χ4v) is 1.52. The number of hydrogen-bond donors (Lipinski definition) is 0. The van der Waals surface area contributed by atoms with E-state index in [2.05, 4.69) is 5.10 Å². The quantitative estimate of drug-likeness (QED) is 0.333. The standard InChI is InChI=1S/C8H4N6O7/c15-11-8(14(20)21)4-9-10(11)6-2-1-5(12(16)17)3-7(6)13(18)19/h1-4H. The van der Waals surface area contributed by atoms with Crippen LogP contribution in [0.3, 0.4) is 0 Å². The summed E-state index contributed by atoms with van der Waals surface area (Å²) >= 11 is 0. The highest BCUT2D eigenvalue weighted by atomic mass is 16.6. The lowest BCUT2D eigenvalue weighted by Crippen LogP contribution is -2.39. The molecule has 0 saturated carbocycles. The van der Waals surface area contributed by atoms with Crippen LogP contribution in [0.1, 0.15) is 0 Å². The van der Waals surface area contributed by atoms with Gasteiger partial charge in [0.15, 0.2) is 0 Å². The maximum Gasteiger partial charge on any atom is 0.558 e. The summed E-state index contributed by atoms with van der Waals surface area (Å²) in [6.07, 6.45) is 0.609. The van der Waals surface area contributed by atoms with E-state index in [1.165, 1.54) is 0 Å². The Balaban J connectivity index is 2.66. The summed E-state index contributed by atoms with van der Waals surface area (Å²) in [4.78, 5) is 29.3. The van der Waals surface area contributed by atoms with Crippen LogP contribution in [0.25, 0.3) is 5.69 Å². The summed E-state index contributed by atoms with van der Waals surface area (Å²) in [7, 11) is 0. The van der Waals surface area contributed by atoms with Gasteiger partial charge in [-0.3, -0.25) is 30.3 Å². The topological polar surface area (TPSA) is 174 Å². The van der Waals surface area contributed by atoms with Crippen LogP contribution in [-0.2, 0) is 0 Å². The third-order valence-electron chi connectivity index (χ3n) is 2.42. The van der Waals surface area contributed by atoms with Gasteiger partial charge in [0.25, 0.3) is 5.69 Å². The minimum atomic E-state index is -1.02. The van der Waals surface area contributed by atoms with Crippen molar-refractivity contribution >= 4 is 17.2 Å². The van der Waals surface area contributed by atoms with Gasteiger partial charge in [-0.2, -0.15) is 0 Å². The summed E-state index contributed by atoms with van der Waals surface area (Å²) in [5.41, 5.74) is -1.79. The minimum absolute atomic E-state index is 0.270. The highest BCUT2D eigenvalue weighted by molar-refractivity contribution is 5.56. The molecule has 1 heterocycles. The summed E-state index contributed by atoms with van der Waals surface area (Å²) in [6, 6.07) is 2.44. The second-order valence-corrected chi connectivity index (χ2v) is 3.61. The maximum absolute atomic E-state index is 11.6. The number of nitro groups is 3. The Morgan fingerprint density at radius 1 is 1.05 bits per heavy atom. The minimum Gasteiger partial charge on any atom is -0.589 e. The van der Waals surface area contributed by atoms with Crippen LogP contribution in [0, 0.1) is 35.6 Å². The zero-order valence-electron chi connectivity index (χ0n) is 9.85. The van der Waals surface area contributed by atoms with Crippen LogP contribution in [0.2, 0.25) is 0 Å². The monoisotopic (exact) mass is 296 g/mol. The molecule has 0 radical (unpaired) electrons. The normalized spacial score (nSPS) is 10.3. The summed E-state index contributed by atoms with van der Waals surface area (Å²) in [5, 5.41) is 47.0. The molecule has 1 aromatic carbocycles. The van der Waals surface area contributed by atoms with Gasteiger partial charge < -0.3 is 5.21 Å². The van der Waals surface area contributed by atoms with E-state index < -0.39 is 37.6 Å². The predicted octanol–water partition coefficient (Wildman–Crippen LogP) is 0.230. The van der Waals surface area contributed by atoms with Crippen LogP contribution >= 0.6 is 0 Å². The smallest absolute Gasteiger partial charge is 0.558 e. The molecule has 1 aromatic heterocycles. The van der Waals surface area contributed by atoms with Crippen LogP contribution in [0.4, 0.5) is 17.2 Å². The summed E-state index contributed by atoms with van der Waals surface area (Å²) in [6.45, 7) is 0. The molecule has 13 heteroatoms. The van der Waals surface area contributed by atoms with Crippen LogP contribution < -0.4 is 4.85 Å². The average Bonchev–Trinajstić information content (AvgIpc) is 2.79. The Labute approximate surface area is 113 Å². The molecular formula is C8H4N6O7. The number of nitrogens with zero attached hydrogens (tertiary/aromatic N) is 6. The third kappa shape index (κ3) is 2.29.